The van der Waals surface area contributed by atoms with Gasteiger partial charge in [0.15, 0.2) is 0 Å². The molecule has 0 saturated carbocycles. The van der Waals surface area contributed by atoms with Crippen molar-refractivity contribution in [3.63, 3.8) is 0 Å². The molecule has 3 nitrogen and oxygen atoms in total. The fourth-order valence-corrected chi connectivity index (χ4v) is 2.71. The molecule has 1 heterocycles. The van der Waals surface area contributed by atoms with Crippen molar-refractivity contribution in [1.29, 1.82) is 0 Å². The van der Waals surface area contributed by atoms with Crippen LogP contribution in [-0.2, 0) is 21.2 Å². The highest BCUT2D eigenvalue weighted by Gasteiger charge is 2.47. The smallest absolute Gasteiger partial charge is 0.314 e. The molecule has 0 aromatic heterocycles. The molecular weight excluding hydrogens is 283 g/mol. The topological polar surface area (TPSA) is 37.4 Å². The summed E-state index contributed by atoms with van der Waals surface area (Å²) in [6.45, 7) is 3.00. The van der Waals surface area contributed by atoms with E-state index in [9.17, 15) is 22.8 Å². The molecular formula is C15H16F3NO2. The molecule has 1 aromatic carbocycles. The van der Waals surface area contributed by atoms with Crippen LogP contribution in [0.25, 0.3) is 0 Å². The summed E-state index contributed by atoms with van der Waals surface area (Å²) >= 11 is 0. The molecule has 21 heavy (non-hydrogen) atoms. The van der Waals surface area contributed by atoms with Gasteiger partial charge in [-0.2, -0.15) is 13.2 Å². The van der Waals surface area contributed by atoms with Gasteiger partial charge in [0.25, 0.3) is 0 Å². The SMILES string of the molecule is CC(=O)CCC1(C)C(=O)N(C)c2ccc(C(F)(F)F)cc21. The molecule has 1 amide bonds. The average molecular weight is 299 g/mol. The predicted molar refractivity (Wildman–Crippen MR) is 72.1 cm³/mol. The van der Waals surface area contributed by atoms with Gasteiger partial charge in [0.1, 0.15) is 5.78 Å². The summed E-state index contributed by atoms with van der Waals surface area (Å²) in [5, 5.41) is 0. The Hall–Kier alpha value is -1.85. The number of alkyl halides is 3. The van der Waals surface area contributed by atoms with Crippen molar-refractivity contribution in [1.82, 2.24) is 0 Å². The highest BCUT2D eigenvalue weighted by Crippen LogP contribution is 2.46. The van der Waals surface area contributed by atoms with Gasteiger partial charge in [-0.1, -0.05) is 0 Å². The zero-order chi connectivity index (χ0) is 16.0. The van der Waals surface area contributed by atoms with Gasteiger partial charge in [-0.3, -0.25) is 4.79 Å². The van der Waals surface area contributed by atoms with Crippen molar-refractivity contribution >= 4 is 17.4 Å². The number of carbonyl (C=O) groups is 2. The van der Waals surface area contributed by atoms with E-state index in [2.05, 4.69) is 0 Å². The molecule has 114 valence electrons. The number of halogens is 3. The number of ketones is 1. The number of benzene rings is 1. The highest BCUT2D eigenvalue weighted by atomic mass is 19.4. The Balaban J connectivity index is 2.52. The summed E-state index contributed by atoms with van der Waals surface area (Å²) in [6, 6.07) is 3.31. The molecule has 0 aliphatic carbocycles. The quantitative estimate of drug-likeness (QED) is 0.858. The zero-order valence-corrected chi connectivity index (χ0v) is 12.0. The second-order valence-electron chi connectivity index (χ2n) is 5.63. The summed E-state index contributed by atoms with van der Waals surface area (Å²) < 4.78 is 38.6. The van der Waals surface area contributed by atoms with Crippen LogP contribution in [0.4, 0.5) is 18.9 Å². The van der Waals surface area contributed by atoms with Crippen molar-refractivity contribution in [3.8, 4) is 0 Å². The first-order chi connectivity index (χ1) is 9.57. The summed E-state index contributed by atoms with van der Waals surface area (Å²) in [4.78, 5) is 24.9. The van der Waals surface area contributed by atoms with Gasteiger partial charge in [0.05, 0.1) is 11.0 Å². The molecule has 1 aliphatic rings. The molecule has 2 rings (SSSR count). The molecule has 0 radical (unpaired) electrons. The van der Waals surface area contributed by atoms with Crippen LogP contribution in [-0.4, -0.2) is 18.7 Å². The van der Waals surface area contributed by atoms with Crippen molar-refractivity contribution in [3.05, 3.63) is 29.3 Å². The third kappa shape index (κ3) is 2.54. The largest absolute Gasteiger partial charge is 0.416 e. The molecule has 1 unspecified atom stereocenters. The van der Waals surface area contributed by atoms with E-state index in [-0.39, 0.29) is 24.5 Å². The molecule has 0 spiro atoms. The van der Waals surface area contributed by atoms with Gasteiger partial charge in [-0.05, 0) is 44.0 Å². The van der Waals surface area contributed by atoms with Gasteiger partial charge in [-0.25, -0.2) is 0 Å². The number of nitrogens with zero attached hydrogens (tertiary/aromatic N) is 1. The molecule has 6 heteroatoms. The number of anilines is 1. The minimum atomic E-state index is -4.46. The Morgan fingerprint density at radius 3 is 2.48 bits per heavy atom. The van der Waals surface area contributed by atoms with E-state index in [1.165, 1.54) is 24.9 Å². The average Bonchev–Trinajstić information content (AvgIpc) is 2.58. The molecule has 0 N–H and O–H groups in total. The molecule has 1 aliphatic heterocycles. The van der Waals surface area contributed by atoms with E-state index < -0.39 is 17.2 Å². The van der Waals surface area contributed by atoms with E-state index >= 15 is 0 Å². The fourth-order valence-electron chi connectivity index (χ4n) is 2.71. The maximum absolute atomic E-state index is 12.9. The number of rotatable bonds is 3. The van der Waals surface area contributed by atoms with Crippen LogP contribution in [0.2, 0.25) is 0 Å². The lowest BCUT2D eigenvalue weighted by atomic mass is 9.78. The standard InChI is InChI=1S/C15H16F3NO2/c1-9(20)6-7-14(2)11-8-10(15(16,17)18)4-5-12(11)19(3)13(14)21/h4-5,8H,6-7H2,1-3H3. The number of likely N-dealkylation sites (N-methyl/N-ethyl adjacent to an activating group) is 1. The Morgan fingerprint density at radius 2 is 1.95 bits per heavy atom. The lowest BCUT2D eigenvalue weighted by Crippen LogP contribution is -2.36. The number of Topliss-reactive ketones (excluding diaryl/α,β-unsaturated/α-hetero) is 1. The number of hydrogen-bond donors (Lipinski definition) is 0. The van der Waals surface area contributed by atoms with Gasteiger partial charge in [0, 0.05) is 19.2 Å². The molecule has 1 aromatic rings. The number of carbonyl (C=O) groups excluding carboxylic acids is 2. The third-order valence-electron chi connectivity index (χ3n) is 4.03. The van der Waals surface area contributed by atoms with E-state index in [1.807, 2.05) is 0 Å². The molecule has 1 atom stereocenters. The van der Waals surface area contributed by atoms with E-state index in [1.54, 1.807) is 6.92 Å². The Morgan fingerprint density at radius 1 is 1.33 bits per heavy atom. The van der Waals surface area contributed by atoms with Crippen LogP contribution in [0.15, 0.2) is 18.2 Å². The Labute approximate surface area is 120 Å². The maximum atomic E-state index is 12.9. The number of fused-ring (bicyclic) bond motifs is 1. The van der Waals surface area contributed by atoms with Crippen LogP contribution in [0.3, 0.4) is 0 Å². The van der Waals surface area contributed by atoms with Crippen LogP contribution in [0, 0.1) is 0 Å². The monoisotopic (exact) mass is 299 g/mol. The highest BCUT2D eigenvalue weighted by molar-refractivity contribution is 6.07. The van der Waals surface area contributed by atoms with Crippen LogP contribution >= 0.6 is 0 Å². The summed E-state index contributed by atoms with van der Waals surface area (Å²) in [7, 11) is 1.54. The van der Waals surface area contributed by atoms with Crippen LogP contribution in [0.5, 0.6) is 0 Å². The summed E-state index contributed by atoms with van der Waals surface area (Å²) in [5.41, 5.74) is -1.06. The van der Waals surface area contributed by atoms with Gasteiger partial charge >= 0.3 is 6.18 Å². The van der Waals surface area contributed by atoms with Crippen LogP contribution < -0.4 is 4.90 Å². The second-order valence-corrected chi connectivity index (χ2v) is 5.63. The molecule has 0 bridgehead atoms. The van der Waals surface area contributed by atoms with Gasteiger partial charge in [-0.15, -0.1) is 0 Å². The number of amides is 1. The van der Waals surface area contributed by atoms with Gasteiger partial charge < -0.3 is 9.69 Å². The first-order valence-electron chi connectivity index (χ1n) is 6.56. The van der Waals surface area contributed by atoms with E-state index in [0.717, 1.165) is 12.1 Å². The lowest BCUT2D eigenvalue weighted by Gasteiger charge is -2.23. The zero-order valence-electron chi connectivity index (χ0n) is 12.0. The van der Waals surface area contributed by atoms with E-state index in [0.29, 0.717) is 11.3 Å². The Kier molecular flexibility index (Phi) is 3.59. The predicted octanol–water partition coefficient (Wildman–Crippen LogP) is 3.31. The third-order valence-corrected chi connectivity index (χ3v) is 4.03. The molecule has 0 saturated heterocycles. The van der Waals surface area contributed by atoms with E-state index in [4.69, 9.17) is 0 Å². The van der Waals surface area contributed by atoms with Crippen molar-refractivity contribution < 1.29 is 22.8 Å². The lowest BCUT2D eigenvalue weighted by molar-refractivity contribution is -0.137. The minimum Gasteiger partial charge on any atom is -0.314 e. The first-order valence-corrected chi connectivity index (χ1v) is 6.56. The normalized spacial score (nSPS) is 21.6. The van der Waals surface area contributed by atoms with Gasteiger partial charge in [0.2, 0.25) is 5.91 Å². The van der Waals surface area contributed by atoms with Crippen molar-refractivity contribution in [2.24, 2.45) is 0 Å². The first kappa shape index (κ1) is 15.5. The second kappa shape index (κ2) is 4.86. The maximum Gasteiger partial charge on any atom is 0.416 e. The van der Waals surface area contributed by atoms with Crippen LogP contribution in [0.1, 0.15) is 37.8 Å². The summed E-state index contributed by atoms with van der Waals surface area (Å²) in [6.07, 6.45) is -4.09. The summed E-state index contributed by atoms with van der Waals surface area (Å²) in [5.74, 6) is -0.370. The fraction of sp³-hybridized carbons (Fsp3) is 0.467. The Bertz CT molecular complexity index is 609. The van der Waals surface area contributed by atoms with Crippen molar-refractivity contribution in [2.45, 2.75) is 38.3 Å². The van der Waals surface area contributed by atoms with Crippen molar-refractivity contribution in [2.75, 3.05) is 11.9 Å². The molecule has 0 fully saturated rings. The minimum absolute atomic E-state index is 0.0906. The number of hydrogen-bond acceptors (Lipinski definition) is 2.